The number of nitrogens with zero attached hydrogens (tertiary/aromatic N) is 3. The van der Waals surface area contributed by atoms with Gasteiger partial charge in [0.25, 0.3) is 5.69 Å². The molecule has 1 aliphatic rings. The zero-order valence-corrected chi connectivity index (χ0v) is 15.9. The minimum absolute atomic E-state index is 0.116. The molecule has 6 heteroatoms. The molecular weight excluding hydrogens is 334 g/mol. The first-order chi connectivity index (χ1) is 11.9. The van der Waals surface area contributed by atoms with Crippen LogP contribution in [0.5, 0.6) is 0 Å². The summed E-state index contributed by atoms with van der Waals surface area (Å²) in [4.78, 5) is 16.4. The number of rotatable bonds is 6. The van der Waals surface area contributed by atoms with Crippen molar-refractivity contribution in [2.45, 2.75) is 53.0 Å². The van der Waals surface area contributed by atoms with Crippen molar-refractivity contribution in [3.05, 3.63) is 49.8 Å². The highest BCUT2D eigenvalue weighted by Gasteiger charge is 2.20. The molecule has 1 aromatic heterocycles. The summed E-state index contributed by atoms with van der Waals surface area (Å²) in [5.74, 6) is 1.37. The molecule has 1 aromatic carbocycles. The lowest BCUT2D eigenvalue weighted by atomic mass is 9.85. The number of hydrogen-bond donors (Lipinski definition) is 0. The third kappa shape index (κ3) is 4.18. The Hall–Kier alpha value is -1.95. The number of non-ortho nitro benzene ring substituents is 1. The molecule has 1 aliphatic carbocycles. The maximum atomic E-state index is 10.9. The topological polar surface area (TPSA) is 60.4 Å². The summed E-state index contributed by atoms with van der Waals surface area (Å²) in [6.45, 7) is 7.40. The Morgan fingerprint density at radius 3 is 2.72 bits per heavy atom. The van der Waals surface area contributed by atoms with E-state index in [4.69, 9.17) is 4.99 Å². The average molecular weight is 359 g/mol. The Morgan fingerprint density at radius 2 is 2.16 bits per heavy atom. The lowest BCUT2D eigenvalue weighted by Crippen LogP contribution is -2.26. The third-order valence-electron chi connectivity index (χ3n) is 4.77. The maximum Gasteiger partial charge on any atom is 0.269 e. The fraction of sp³-hybridized carbons (Fsp3) is 0.526. The fourth-order valence-electron chi connectivity index (χ4n) is 3.14. The van der Waals surface area contributed by atoms with Crippen LogP contribution in [0.25, 0.3) is 0 Å². The monoisotopic (exact) mass is 359 g/mol. The molecule has 0 amide bonds. The van der Waals surface area contributed by atoms with Gasteiger partial charge in [0.05, 0.1) is 10.6 Å². The van der Waals surface area contributed by atoms with Crippen molar-refractivity contribution >= 4 is 22.7 Å². The van der Waals surface area contributed by atoms with Crippen molar-refractivity contribution in [2.75, 3.05) is 0 Å². The van der Waals surface area contributed by atoms with E-state index in [1.54, 1.807) is 23.5 Å². The molecule has 2 aromatic rings. The number of aromatic nitrogens is 1. The van der Waals surface area contributed by atoms with Crippen LogP contribution in [-0.4, -0.2) is 9.49 Å². The minimum atomic E-state index is -0.362. The van der Waals surface area contributed by atoms with Gasteiger partial charge in [0.2, 0.25) is 0 Å². The van der Waals surface area contributed by atoms with E-state index in [2.05, 4.69) is 23.8 Å². The van der Waals surface area contributed by atoms with E-state index in [-0.39, 0.29) is 10.6 Å². The number of nitro groups is 1. The summed E-state index contributed by atoms with van der Waals surface area (Å²) in [5, 5.41) is 13.1. The van der Waals surface area contributed by atoms with E-state index in [0.29, 0.717) is 5.92 Å². The molecule has 3 rings (SSSR count). The van der Waals surface area contributed by atoms with Crippen LogP contribution in [0.4, 0.5) is 11.4 Å². The predicted octanol–water partition coefficient (Wildman–Crippen LogP) is 5.00. The second-order valence-corrected chi connectivity index (χ2v) is 8.19. The van der Waals surface area contributed by atoms with Gasteiger partial charge in [-0.05, 0) is 49.7 Å². The van der Waals surface area contributed by atoms with Gasteiger partial charge in [-0.1, -0.05) is 20.3 Å². The Bertz CT molecular complexity index is 831. The highest BCUT2D eigenvalue weighted by molar-refractivity contribution is 7.07. The standard InChI is InChI=1S/C19H25N3O2S/c1-13(2)9-17-12-25-19(21(17)11-15-5-4-6-15)20-18-8-7-16(22(23)24)10-14(18)3/h7-8,10,12-13,15H,4-6,9,11H2,1-3H3. The fourth-order valence-corrected chi connectivity index (χ4v) is 4.08. The second kappa shape index (κ2) is 7.52. The van der Waals surface area contributed by atoms with Crippen molar-refractivity contribution in [1.82, 2.24) is 4.57 Å². The van der Waals surface area contributed by atoms with Gasteiger partial charge >= 0.3 is 0 Å². The van der Waals surface area contributed by atoms with E-state index >= 15 is 0 Å². The van der Waals surface area contributed by atoms with Crippen molar-refractivity contribution in [3.8, 4) is 0 Å². The maximum absolute atomic E-state index is 10.9. The van der Waals surface area contributed by atoms with Crippen LogP contribution in [0.3, 0.4) is 0 Å². The third-order valence-corrected chi connectivity index (χ3v) is 5.68. The van der Waals surface area contributed by atoms with Crippen molar-refractivity contribution in [1.29, 1.82) is 0 Å². The van der Waals surface area contributed by atoms with Crippen molar-refractivity contribution in [3.63, 3.8) is 0 Å². The normalized spacial score (nSPS) is 15.6. The molecule has 0 saturated heterocycles. The van der Waals surface area contributed by atoms with Gasteiger partial charge in [-0.3, -0.25) is 10.1 Å². The second-order valence-electron chi connectivity index (χ2n) is 7.35. The van der Waals surface area contributed by atoms with Gasteiger partial charge in [-0.25, -0.2) is 4.99 Å². The molecule has 0 spiro atoms. The summed E-state index contributed by atoms with van der Waals surface area (Å²) < 4.78 is 2.37. The molecule has 1 fully saturated rings. The molecule has 1 saturated carbocycles. The van der Waals surface area contributed by atoms with E-state index in [0.717, 1.165) is 34.9 Å². The van der Waals surface area contributed by atoms with Gasteiger partial charge in [0, 0.05) is 29.8 Å². The average Bonchev–Trinajstić information content (AvgIpc) is 2.86. The quantitative estimate of drug-likeness (QED) is 0.538. The Labute approximate surface area is 152 Å². The van der Waals surface area contributed by atoms with E-state index in [1.165, 1.54) is 31.0 Å². The Balaban J connectivity index is 1.98. The summed E-state index contributed by atoms with van der Waals surface area (Å²) in [5.41, 5.74) is 3.12. The number of benzene rings is 1. The van der Waals surface area contributed by atoms with Crippen LogP contribution in [0.1, 0.15) is 44.4 Å². The van der Waals surface area contributed by atoms with Gasteiger partial charge in [-0.2, -0.15) is 0 Å². The van der Waals surface area contributed by atoms with Gasteiger partial charge in [0.15, 0.2) is 4.80 Å². The largest absolute Gasteiger partial charge is 0.321 e. The molecular formula is C19H25N3O2S. The molecule has 0 unspecified atom stereocenters. The molecule has 134 valence electrons. The molecule has 1 heterocycles. The lowest BCUT2D eigenvalue weighted by Gasteiger charge is -2.26. The highest BCUT2D eigenvalue weighted by Crippen LogP contribution is 2.29. The Morgan fingerprint density at radius 1 is 1.40 bits per heavy atom. The summed E-state index contributed by atoms with van der Waals surface area (Å²) >= 11 is 1.67. The number of nitro benzene ring substituents is 1. The number of aryl methyl sites for hydroxylation is 1. The van der Waals surface area contributed by atoms with Crippen LogP contribution in [-0.2, 0) is 13.0 Å². The predicted molar refractivity (Wildman–Crippen MR) is 101 cm³/mol. The van der Waals surface area contributed by atoms with E-state index in [1.807, 2.05) is 6.92 Å². The summed E-state index contributed by atoms with van der Waals surface area (Å²) in [6.07, 6.45) is 5.00. The van der Waals surface area contributed by atoms with Crippen molar-refractivity contribution < 1.29 is 4.92 Å². The van der Waals surface area contributed by atoms with Crippen molar-refractivity contribution in [2.24, 2.45) is 16.8 Å². The smallest absolute Gasteiger partial charge is 0.269 e. The van der Waals surface area contributed by atoms with Crippen LogP contribution >= 0.6 is 11.3 Å². The number of hydrogen-bond acceptors (Lipinski definition) is 4. The molecule has 0 N–H and O–H groups in total. The Kier molecular flexibility index (Phi) is 5.37. The molecule has 0 aliphatic heterocycles. The minimum Gasteiger partial charge on any atom is -0.321 e. The molecule has 25 heavy (non-hydrogen) atoms. The van der Waals surface area contributed by atoms with E-state index < -0.39 is 0 Å². The van der Waals surface area contributed by atoms with Gasteiger partial charge < -0.3 is 4.57 Å². The van der Waals surface area contributed by atoms with Crippen LogP contribution < -0.4 is 4.80 Å². The lowest BCUT2D eigenvalue weighted by molar-refractivity contribution is -0.384. The zero-order valence-electron chi connectivity index (χ0n) is 15.1. The van der Waals surface area contributed by atoms with Gasteiger partial charge in [0.1, 0.15) is 0 Å². The van der Waals surface area contributed by atoms with E-state index in [9.17, 15) is 10.1 Å². The summed E-state index contributed by atoms with van der Waals surface area (Å²) in [7, 11) is 0. The first-order valence-electron chi connectivity index (χ1n) is 8.91. The van der Waals surface area contributed by atoms with Gasteiger partial charge in [-0.15, -0.1) is 11.3 Å². The first-order valence-corrected chi connectivity index (χ1v) is 9.79. The SMILES string of the molecule is Cc1cc([N+](=O)[O-])ccc1N=c1scc(CC(C)C)n1CC1CCC1. The molecule has 0 radical (unpaired) electrons. The van der Waals surface area contributed by atoms with Crippen LogP contribution in [0, 0.1) is 28.9 Å². The summed E-state index contributed by atoms with van der Waals surface area (Å²) in [6, 6.07) is 4.88. The zero-order chi connectivity index (χ0) is 18.0. The molecule has 0 bridgehead atoms. The molecule has 0 atom stereocenters. The van der Waals surface area contributed by atoms with Crippen LogP contribution in [0.2, 0.25) is 0 Å². The highest BCUT2D eigenvalue weighted by atomic mass is 32.1. The first kappa shape index (κ1) is 17.9. The number of thiazole rings is 1. The van der Waals surface area contributed by atoms with Crippen LogP contribution in [0.15, 0.2) is 28.6 Å². The molecule has 5 nitrogen and oxygen atoms in total.